The van der Waals surface area contributed by atoms with Gasteiger partial charge in [-0.1, -0.05) is 20.8 Å². The van der Waals surface area contributed by atoms with Crippen LogP contribution in [0.25, 0.3) is 0 Å². The number of nitrogens with two attached hydrogens (primary N) is 1. The van der Waals surface area contributed by atoms with Crippen molar-refractivity contribution in [2.75, 3.05) is 5.32 Å². The van der Waals surface area contributed by atoms with E-state index in [1.165, 1.54) is 0 Å². The van der Waals surface area contributed by atoms with Gasteiger partial charge in [0.1, 0.15) is 0 Å². The van der Waals surface area contributed by atoms with Gasteiger partial charge in [0.2, 0.25) is 11.9 Å². The third-order valence-electron chi connectivity index (χ3n) is 1.96. The second-order valence-electron chi connectivity index (χ2n) is 4.27. The summed E-state index contributed by atoms with van der Waals surface area (Å²) < 4.78 is 0. The van der Waals surface area contributed by atoms with Gasteiger partial charge in [-0.05, 0) is 5.41 Å². The molecule has 0 unspecified atom stereocenters. The molecule has 0 saturated carbocycles. The summed E-state index contributed by atoms with van der Waals surface area (Å²) in [7, 11) is 0. The van der Waals surface area contributed by atoms with Crippen LogP contribution in [-0.4, -0.2) is 21.9 Å². The maximum absolute atomic E-state index is 11.6. The summed E-state index contributed by atoms with van der Waals surface area (Å²) in [6.45, 7) is 5.75. The van der Waals surface area contributed by atoms with Gasteiger partial charge in [-0.3, -0.25) is 10.1 Å². The lowest BCUT2D eigenvalue weighted by atomic mass is 9.87. The first-order valence-electron chi connectivity index (χ1n) is 4.47. The molecule has 14 heavy (non-hydrogen) atoms. The number of amides is 1. The van der Waals surface area contributed by atoms with Gasteiger partial charge in [0.05, 0.1) is 6.04 Å². The number of nitrogens with one attached hydrogen (secondary N) is 2. The van der Waals surface area contributed by atoms with Crippen molar-refractivity contribution in [3.63, 3.8) is 0 Å². The molecule has 5 nitrogen and oxygen atoms in total. The van der Waals surface area contributed by atoms with Gasteiger partial charge in [0.25, 0.3) is 0 Å². The highest BCUT2D eigenvalue weighted by atomic mass is 16.2. The van der Waals surface area contributed by atoms with Gasteiger partial charge in [-0.15, -0.1) is 0 Å². The molecular weight excluding hydrogens is 180 g/mol. The Labute approximate surface area is 83.1 Å². The lowest BCUT2D eigenvalue weighted by Crippen LogP contribution is -2.45. The zero-order valence-electron chi connectivity index (χ0n) is 8.66. The summed E-state index contributed by atoms with van der Waals surface area (Å²) in [4.78, 5) is 18.2. The van der Waals surface area contributed by atoms with Crippen molar-refractivity contribution in [2.24, 2.45) is 11.1 Å². The van der Waals surface area contributed by atoms with E-state index in [9.17, 15) is 4.79 Å². The van der Waals surface area contributed by atoms with Crippen LogP contribution in [0.1, 0.15) is 20.8 Å². The Hall–Kier alpha value is -1.36. The Morgan fingerprint density at radius 1 is 1.64 bits per heavy atom. The topological polar surface area (TPSA) is 83.8 Å². The second-order valence-corrected chi connectivity index (χ2v) is 4.27. The van der Waals surface area contributed by atoms with Crippen molar-refractivity contribution in [3.8, 4) is 0 Å². The Kier molecular flexibility index (Phi) is 2.90. The number of imidazole rings is 1. The van der Waals surface area contributed by atoms with Crippen LogP contribution >= 0.6 is 0 Å². The summed E-state index contributed by atoms with van der Waals surface area (Å²) in [6.07, 6.45) is 3.20. The molecule has 0 radical (unpaired) electrons. The Bertz CT molecular complexity index is 299. The van der Waals surface area contributed by atoms with E-state index in [0.29, 0.717) is 5.95 Å². The van der Waals surface area contributed by atoms with Crippen LogP contribution in [0.4, 0.5) is 5.95 Å². The minimum absolute atomic E-state index is 0.229. The van der Waals surface area contributed by atoms with Gasteiger partial charge in [0.15, 0.2) is 0 Å². The summed E-state index contributed by atoms with van der Waals surface area (Å²) in [6, 6.07) is -0.549. The van der Waals surface area contributed by atoms with E-state index in [1.54, 1.807) is 12.4 Å². The molecular formula is C9H16N4O. The van der Waals surface area contributed by atoms with Crippen molar-refractivity contribution < 1.29 is 4.79 Å². The monoisotopic (exact) mass is 196 g/mol. The lowest BCUT2D eigenvalue weighted by molar-refractivity contribution is -0.119. The SMILES string of the molecule is CC(C)(C)[C@H](N)C(=O)Nc1ncc[nH]1. The quantitative estimate of drug-likeness (QED) is 0.651. The zero-order chi connectivity index (χ0) is 10.8. The molecule has 1 heterocycles. The molecule has 1 aromatic rings. The molecule has 0 aliphatic rings. The fourth-order valence-electron chi connectivity index (χ4n) is 0.921. The van der Waals surface area contributed by atoms with Gasteiger partial charge in [-0.2, -0.15) is 0 Å². The molecule has 78 valence electrons. The number of carbonyl (C=O) groups is 1. The van der Waals surface area contributed by atoms with Crippen molar-refractivity contribution in [1.29, 1.82) is 0 Å². The molecule has 0 aliphatic heterocycles. The number of rotatable bonds is 2. The normalized spacial score (nSPS) is 13.7. The highest BCUT2D eigenvalue weighted by Crippen LogP contribution is 2.17. The van der Waals surface area contributed by atoms with Crippen molar-refractivity contribution >= 4 is 11.9 Å². The number of aromatic amines is 1. The van der Waals surface area contributed by atoms with Crippen molar-refractivity contribution in [1.82, 2.24) is 9.97 Å². The summed E-state index contributed by atoms with van der Waals surface area (Å²) in [5, 5.41) is 2.60. The van der Waals surface area contributed by atoms with E-state index in [1.807, 2.05) is 20.8 Å². The van der Waals surface area contributed by atoms with E-state index >= 15 is 0 Å². The maximum Gasteiger partial charge on any atom is 0.244 e. The predicted molar refractivity (Wildman–Crippen MR) is 54.6 cm³/mol. The lowest BCUT2D eigenvalue weighted by Gasteiger charge is -2.25. The molecule has 5 heteroatoms. The van der Waals surface area contributed by atoms with Crippen LogP contribution in [0, 0.1) is 5.41 Å². The van der Waals surface area contributed by atoms with E-state index in [-0.39, 0.29) is 11.3 Å². The molecule has 0 aromatic carbocycles. The number of hydrogen-bond acceptors (Lipinski definition) is 3. The van der Waals surface area contributed by atoms with Gasteiger partial charge in [0, 0.05) is 12.4 Å². The molecule has 4 N–H and O–H groups in total. The van der Waals surface area contributed by atoms with Gasteiger partial charge in [-0.25, -0.2) is 4.98 Å². The Morgan fingerprint density at radius 2 is 2.29 bits per heavy atom. The maximum atomic E-state index is 11.6. The smallest absolute Gasteiger partial charge is 0.244 e. The average Bonchev–Trinajstić information content (AvgIpc) is 2.53. The van der Waals surface area contributed by atoms with Crippen LogP contribution < -0.4 is 11.1 Å². The van der Waals surface area contributed by atoms with Crippen LogP contribution in [0.15, 0.2) is 12.4 Å². The molecule has 0 bridgehead atoms. The molecule has 1 atom stereocenters. The molecule has 1 rings (SSSR count). The van der Waals surface area contributed by atoms with E-state index in [0.717, 1.165) is 0 Å². The fourth-order valence-corrected chi connectivity index (χ4v) is 0.921. The standard InChI is InChI=1S/C9H16N4O/c1-9(2,3)6(10)7(14)13-8-11-4-5-12-8/h4-6H,10H2,1-3H3,(H2,11,12,13,14)/t6-/m1/s1. The largest absolute Gasteiger partial charge is 0.331 e. The Balaban J connectivity index is 2.59. The van der Waals surface area contributed by atoms with Gasteiger partial charge >= 0.3 is 0 Å². The van der Waals surface area contributed by atoms with E-state index < -0.39 is 6.04 Å². The number of aromatic nitrogens is 2. The second kappa shape index (κ2) is 3.79. The van der Waals surface area contributed by atoms with Crippen molar-refractivity contribution in [2.45, 2.75) is 26.8 Å². The Morgan fingerprint density at radius 3 is 2.71 bits per heavy atom. The van der Waals surface area contributed by atoms with Crippen LogP contribution in [0.3, 0.4) is 0 Å². The fraction of sp³-hybridized carbons (Fsp3) is 0.556. The van der Waals surface area contributed by atoms with Crippen LogP contribution in [0.5, 0.6) is 0 Å². The number of nitrogens with zero attached hydrogens (tertiary/aromatic N) is 1. The summed E-state index contributed by atoms with van der Waals surface area (Å²) in [5.41, 5.74) is 5.50. The highest BCUT2D eigenvalue weighted by molar-refractivity contribution is 5.93. The number of hydrogen-bond donors (Lipinski definition) is 3. The molecule has 1 amide bonds. The number of H-pyrrole nitrogens is 1. The summed E-state index contributed by atoms with van der Waals surface area (Å²) >= 11 is 0. The first-order valence-corrected chi connectivity index (χ1v) is 4.47. The van der Waals surface area contributed by atoms with Gasteiger partial charge < -0.3 is 10.7 Å². The van der Waals surface area contributed by atoms with Crippen molar-refractivity contribution in [3.05, 3.63) is 12.4 Å². The summed E-state index contributed by atoms with van der Waals surface area (Å²) in [5.74, 6) is 0.196. The first kappa shape index (κ1) is 10.7. The number of anilines is 1. The molecule has 1 aromatic heterocycles. The number of carbonyl (C=O) groups excluding carboxylic acids is 1. The minimum Gasteiger partial charge on any atom is -0.331 e. The average molecular weight is 196 g/mol. The molecule has 0 saturated heterocycles. The third kappa shape index (κ3) is 2.56. The minimum atomic E-state index is -0.549. The zero-order valence-corrected chi connectivity index (χ0v) is 8.66. The molecule has 0 fully saturated rings. The third-order valence-corrected chi connectivity index (χ3v) is 1.96. The molecule has 0 spiro atoms. The predicted octanol–water partition coefficient (Wildman–Crippen LogP) is 0.722. The van der Waals surface area contributed by atoms with E-state index in [4.69, 9.17) is 5.73 Å². The van der Waals surface area contributed by atoms with Crippen LogP contribution in [0.2, 0.25) is 0 Å². The van der Waals surface area contributed by atoms with E-state index in [2.05, 4.69) is 15.3 Å². The highest BCUT2D eigenvalue weighted by Gasteiger charge is 2.27. The first-order chi connectivity index (χ1) is 6.41. The molecule has 0 aliphatic carbocycles. The van der Waals surface area contributed by atoms with Crippen LogP contribution in [-0.2, 0) is 4.79 Å².